The third kappa shape index (κ3) is 4.06. The monoisotopic (exact) mass is 384 g/mol. The second-order valence-corrected chi connectivity index (χ2v) is 6.81. The van der Waals surface area contributed by atoms with Crippen molar-refractivity contribution in [2.45, 2.75) is 19.9 Å². The van der Waals surface area contributed by atoms with Crippen LogP contribution >= 0.6 is 0 Å². The van der Waals surface area contributed by atoms with Gasteiger partial charge >= 0.3 is 0 Å². The van der Waals surface area contributed by atoms with E-state index in [4.69, 9.17) is 0 Å². The molecule has 6 nitrogen and oxygen atoms in total. The Morgan fingerprint density at radius 3 is 2.55 bits per heavy atom. The van der Waals surface area contributed by atoms with Gasteiger partial charge in [-0.2, -0.15) is 0 Å². The van der Waals surface area contributed by atoms with Gasteiger partial charge in [0.15, 0.2) is 0 Å². The molecular weight excluding hydrogens is 364 g/mol. The number of benzene rings is 2. The van der Waals surface area contributed by atoms with Crippen molar-refractivity contribution in [1.82, 2.24) is 14.5 Å². The van der Waals surface area contributed by atoms with Gasteiger partial charge in [0, 0.05) is 24.7 Å². The minimum atomic E-state index is -0.207. The molecule has 1 N–H and O–H groups in total. The van der Waals surface area contributed by atoms with Gasteiger partial charge in [0.2, 0.25) is 5.91 Å². The Hall–Kier alpha value is -3.80. The summed E-state index contributed by atoms with van der Waals surface area (Å²) in [6.07, 6.45) is 3.38. The lowest BCUT2D eigenvalue weighted by Crippen LogP contribution is -2.24. The topological polar surface area (TPSA) is 76.9 Å². The maximum Gasteiger partial charge on any atom is 0.261 e. The molecule has 4 aromatic rings. The predicted octanol–water partition coefficient (Wildman–Crippen LogP) is 3.80. The summed E-state index contributed by atoms with van der Waals surface area (Å²) in [5.41, 5.74) is 3.55. The molecule has 0 bridgehead atoms. The number of carbonyl (C=O) groups excluding carboxylic acids is 1. The number of hydrogen-bond acceptors (Lipinski definition) is 4. The summed E-state index contributed by atoms with van der Waals surface area (Å²) in [6.45, 7) is 2.17. The van der Waals surface area contributed by atoms with Crippen LogP contribution in [0.4, 0.5) is 5.82 Å². The normalized spacial score (nSPS) is 10.8. The highest BCUT2D eigenvalue weighted by Crippen LogP contribution is 2.19. The van der Waals surface area contributed by atoms with Gasteiger partial charge in [-0.25, -0.2) is 9.97 Å². The van der Waals surface area contributed by atoms with E-state index >= 15 is 0 Å². The summed E-state index contributed by atoms with van der Waals surface area (Å²) < 4.78 is 1.47. The van der Waals surface area contributed by atoms with E-state index in [1.807, 2.05) is 55.5 Å². The molecule has 2 aromatic heterocycles. The molecule has 29 heavy (non-hydrogen) atoms. The number of aromatic nitrogens is 3. The summed E-state index contributed by atoms with van der Waals surface area (Å²) in [7, 11) is 0. The minimum Gasteiger partial charge on any atom is -0.311 e. The quantitative estimate of drug-likeness (QED) is 0.568. The number of fused-ring (bicyclic) bond motifs is 1. The fourth-order valence-corrected chi connectivity index (χ4v) is 3.19. The van der Waals surface area contributed by atoms with E-state index in [0.29, 0.717) is 16.7 Å². The molecule has 0 aliphatic carbocycles. The smallest absolute Gasteiger partial charge is 0.261 e. The third-order valence-electron chi connectivity index (χ3n) is 4.77. The van der Waals surface area contributed by atoms with E-state index in [9.17, 15) is 9.59 Å². The summed E-state index contributed by atoms with van der Waals surface area (Å²) >= 11 is 0. The summed E-state index contributed by atoms with van der Waals surface area (Å²) in [5, 5.41) is 3.33. The SMILES string of the molecule is Cc1cccc2c(=O)n(CCC(=O)Nc3ccc(-c4ccccc4)cn3)cnc12. The lowest BCUT2D eigenvalue weighted by molar-refractivity contribution is -0.116. The van der Waals surface area contributed by atoms with E-state index in [-0.39, 0.29) is 24.4 Å². The van der Waals surface area contributed by atoms with Crippen LogP contribution in [0.3, 0.4) is 0 Å². The Morgan fingerprint density at radius 1 is 0.966 bits per heavy atom. The van der Waals surface area contributed by atoms with E-state index in [0.717, 1.165) is 16.7 Å². The van der Waals surface area contributed by atoms with E-state index in [1.54, 1.807) is 18.3 Å². The fourth-order valence-electron chi connectivity index (χ4n) is 3.19. The standard InChI is InChI=1S/C23H20N4O2/c1-16-6-5-9-19-22(16)25-15-27(23(19)29)13-12-21(28)26-20-11-10-18(14-24-20)17-7-3-2-4-8-17/h2-11,14-15H,12-13H2,1H3,(H,24,26,28). The average molecular weight is 384 g/mol. The highest BCUT2D eigenvalue weighted by Gasteiger charge is 2.09. The molecule has 0 saturated carbocycles. The lowest BCUT2D eigenvalue weighted by Gasteiger charge is -2.09. The number of para-hydroxylation sites is 1. The van der Waals surface area contributed by atoms with Crippen molar-refractivity contribution < 1.29 is 4.79 Å². The maximum atomic E-state index is 12.6. The van der Waals surface area contributed by atoms with Gasteiger partial charge in [0.05, 0.1) is 17.2 Å². The highest BCUT2D eigenvalue weighted by molar-refractivity contribution is 5.89. The number of pyridine rings is 1. The van der Waals surface area contributed by atoms with Crippen molar-refractivity contribution >= 4 is 22.6 Å². The summed E-state index contributed by atoms with van der Waals surface area (Å²) in [5.74, 6) is 0.274. The van der Waals surface area contributed by atoms with Crippen LogP contribution in [-0.4, -0.2) is 20.4 Å². The van der Waals surface area contributed by atoms with Crippen LogP contribution in [0.15, 0.2) is 78.0 Å². The molecule has 6 heteroatoms. The van der Waals surface area contributed by atoms with Crippen LogP contribution < -0.4 is 10.9 Å². The molecule has 4 rings (SSSR count). The van der Waals surface area contributed by atoms with Crippen LogP contribution in [-0.2, 0) is 11.3 Å². The molecule has 2 heterocycles. The number of nitrogens with zero attached hydrogens (tertiary/aromatic N) is 3. The van der Waals surface area contributed by atoms with Crippen LogP contribution in [0.5, 0.6) is 0 Å². The molecule has 2 aromatic carbocycles. The number of carbonyl (C=O) groups is 1. The first-order valence-electron chi connectivity index (χ1n) is 9.38. The molecule has 144 valence electrons. The van der Waals surface area contributed by atoms with Crippen LogP contribution in [0.1, 0.15) is 12.0 Å². The largest absolute Gasteiger partial charge is 0.311 e. The zero-order chi connectivity index (χ0) is 20.2. The van der Waals surface area contributed by atoms with Gasteiger partial charge in [-0.1, -0.05) is 42.5 Å². The van der Waals surface area contributed by atoms with Crippen molar-refractivity contribution in [3.8, 4) is 11.1 Å². The van der Waals surface area contributed by atoms with Crippen LogP contribution in [0.25, 0.3) is 22.0 Å². The van der Waals surface area contributed by atoms with Crippen molar-refractivity contribution in [2.24, 2.45) is 0 Å². The first-order valence-corrected chi connectivity index (χ1v) is 9.38. The maximum absolute atomic E-state index is 12.6. The van der Waals surface area contributed by atoms with Gasteiger partial charge in [-0.3, -0.25) is 14.2 Å². The number of anilines is 1. The number of nitrogens with one attached hydrogen (secondary N) is 1. The molecule has 0 aliphatic rings. The predicted molar refractivity (Wildman–Crippen MR) is 114 cm³/mol. The zero-order valence-electron chi connectivity index (χ0n) is 16.0. The summed E-state index contributed by atoms with van der Waals surface area (Å²) in [6, 6.07) is 19.1. The molecule has 0 fully saturated rings. The lowest BCUT2D eigenvalue weighted by atomic mass is 10.1. The minimum absolute atomic E-state index is 0.142. The molecule has 0 atom stereocenters. The Morgan fingerprint density at radius 2 is 1.79 bits per heavy atom. The third-order valence-corrected chi connectivity index (χ3v) is 4.77. The van der Waals surface area contributed by atoms with Crippen molar-refractivity contribution in [2.75, 3.05) is 5.32 Å². The second kappa shape index (κ2) is 8.06. The van der Waals surface area contributed by atoms with E-state index in [1.165, 1.54) is 10.9 Å². The Balaban J connectivity index is 1.41. The first kappa shape index (κ1) is 18.6. The Kier molecular flexibility index (Phi) is 5.16. The Bertz CT molecular complexity index is 1220. The van der Waals surface area contributed by atoms with Gasteiger partial charge in [0.1, 0.15) is 5.82 Å². The van der Waals surface area contributed by atoms with Gasteiger partial charge in [0.25, 0.3) is 5.56 Å². The number of rotatable bonds is 5. The van der Waals surface area contributed by atoms with Crippen LogP contribution in [0.2, 0.25) is 0 Å². The molecular formula is C23H20N4O2. The van der Waals surface area contributed by atoms with Gasteiger partial charge in [-0.05, 0) is 36.2 Å². The van der Waals surface area contributed by atoms with Crippen molar-refractivity contribution in [1.29, 1.82) is 0 Å². The molecule has 0 spiro atoms. The number of hydrogen-bond donors (Lipinski definition) is 1. The van der Waals surface area contributed by atoms with E-state index < -0.39 is 0 Å². The number of amides is 1. The van der Waals surface area contributed by atoms with Gasteiger partial charge in [-0.15, -0.1) is 0 Å². The fraction of sp³-hybridized carbons (Fsp3) is 0.130. The Labute approximate surface area is 167 Å². The highest BCUT2D eigenvalue weighted by atomic mass is 16.2. The first-order chi connectivity index (χ1) is 14.1. The molecule has 0 unspecified atom stereocenters. The molecule has 0 radical (unpaired) electrons. The van der Waals surface area contributed by atoms with Crippen molar-refractivity contribution in [3.63, 3.8) is 0 Å². The average Bonchev–Trinajstić information content (AvgIpc) is 2.75. The van der Waals surface area contributed by atoms with E-state index in [2.05, 4.69) is 15.3 Å². The second-order valence-electron chi connectivity index (χ2n) is 6.81. The van der Waals surface area contributed by atoms with Gasteiger partial charge < -0.3 is 5.32 Å². The molecule has 1 amide bonds. The zero-order valence-corrected chi connectivity index (χ0v) is 16.0. The van der Waals surface area contributed by atoms with Crippen LogP contribution in [0, 0.1) is 6.92 Å². The molecule has 0 saturated heterocycles. The number of aryl methyl sites for hydroxylation is 2. The van der Waals surface area contributed by atoms with Crippen molar-refractivity contribution in [3.05, 3.63) is 89.1 Å². The summed E-state index contributed by atoms with van der Waals surface area (Å²) in [4.78, 5) is 33.6. The molecule has 0 aliphatic heterocycles.